The Kier molecular flexibility index (Phi) is 7.67. The number of furan rings is 1. The Morgan fingerprint density at radius 3 is 1.74 bits per heavy atom. The van der Waals surface area contributed by atoms with Crippen LogP contribution in [0, 0.1) is 0 Å². The van der Waals surface area contributed by atoms with Gasteiger partial charge in [-0.15, -0.1) is 11.3 Å². The second-order valence-electron chi connectivity index (χ2n) is 19.5. The van der Waals surface area contributed by atoms with Crippen molar-refractivity contribution < 1.29 is 4.42 Å². The van der Waals surface area contributed by atoms with Crippen molar-refractivity contribution in [2.75, 3.05) is 4.90 Å². The van der Waals surface area contributed by atoms with E-state index >= 15 is 0 Å². The number of nitrogens with zero attached hydrogens (tertiary/aromatic N) is 3. The molecule has 4 aromatic heterocycles. The lowest BCUT2D eigenvalue weighted by atomic mass is 9.33. The highest BCUT2D eigenvalue weighted by molar-refractivity contribution is 7.28. The molecule has 0 saturated heterocycles. The highest BCUT2D eigenvalue weighted by Gasteiger charge is 2.45. The minimum Gasteiger partial charge on any atom is -0.456 e. The van der Waals surface area contributed by atoms with Gasteiger partial charge in [0.2, 0.25) is 0 Å². The van der Waals surface area contributed by atoms with E-state index in [9.17, 15) is 0 Å². The molecule has 6 heteroatoms. The van der Waals surface area contributed by atoms with Crippen molar-refractivity contribution in [3.63, 3.8) is 0 Å². The number of benzene rings is 11. The number of para-hydroxylation sites is 4. The monoisotopic (exact) mass is 931 g/mol. The molecule has 0 spiro atoms. The SMILES string of the molecule is c1ccc(-c2cc3c4c(c2)-n2c5ccccc5c5cc6c(sc7ccccc76)c(c52)B4c2cc4oc5ccc(-n6c7ccccc7c7ccccc76)cc5c4cc2N3c2ccccc2-c2ccccc2)cc1. The molecule has 2 aliphatic heterocycles. The molecular formula is C66H38BN3OS. The zero-order chi connectivity index (χ0) is 46.8. The van der Waals surface area contributed by atoms with Crippen LogP contribution >= 0.6 is 11.3 Å². The maximum atomic E-state index is 7.10. The molecule has 6 heterocycles. The van der Waals surface area contributed by atoms with Crippen molar-refractivity contribution in [1.29, 1.82) is 0 Å². The third kappa shape index (κ3) is 5.11. The number of hydrogen-bond donors (Lipinski definition) is 0. The van der Waals surface area contributed by atoms with Gasteiger partial charge in [-0.2, -0.15) is 0 Å². The third-order valence-corrected chi connectivity index (χ3v) is 17.1. The predicted molar refractivity (Wildman–Crippen MR) is 305 cm³/mol. The molecule has 0 atom stereocenters. The van der Waals surface area contributed by atoms with Crippen LogP contribution < -0.4 is 21.3 Å². The topological polar surface area (TPSA) is 26.2 Å². The number of thiophene rings is 1. The van der Waals surface area contributed by atoms with Crippen LogP contribution in [0.5, 0.6) is 0 Å². The van der Waals surface area contributed by atoms with Crippen LogP contribution in [0.3, 0.4) is 0 Å². The molecule has 72 heavy (non-hydrogen) atoms. The van der Waals surface area contributed by atoms with E-state index in [0.29, 0.717) is 0 Å². The first kappa shape index (κ1) is 38.7. The lowest BCUT2D eigenvalue weighted by Crippen LogP contribution is -2.60. The third-order valence-electron chi connectivity index (χ3n) is 15.9. The van der Waals surface area contributed by atoms with Crippen LogP contribution in [-0.4, -0.2) is 15.8 Å². The Labute approximate surface area is 417 Å². The fourth-order valence-corrected chi connectivity index (χ4v) is 14.2. The quantitative estimate of drug-likeness (QED) is 0.164. The summed E-state index contributed by atoms with van der Waals surface area (Å²) >= 11 is 1.93. The Hall–Kier alpha value is -9.10. The van der Waals surface area contributed by atoms with Gasteiger partial charge in [-0.1, -0.05) is 152 Å². The molecule has 0 unspecified atom stereocenters. The summed E-state index contributed by atoms with van der Waals surface area (Å²) in [6.07, 6.45) is 0. The minimum absolute atomic E-state index is 0.114. The van der Waals surface area contributed by atoms with Crippen LogP contribution in [-0.2, 0) is 0 Å². The fraction of sp³-hybridized carbons (Fsp3) is 0. The lowest BCUT2D eigenvalue weighted by molar-refractivity contribution is 0.669. The molecular weight excluding hydrogens is 894 g/mol. The van der Waals surface area contributed by atoms with E-state index in [-0.39, 0.29) is 6.71 Å². The maximum absolute atomic E-state index is 7.10. The van der Waals surface area contributed by atoms with Crippen molar-refractivity contribution in [3.05, 3.63) is 231 Å². The van der Waals surface area contributed by atoms with E-state index in [1.165, 1.54) is 114 Å². The fourth-order valence-electron chi connectivity index (χ4n) is 12.9. The molecule has 0 amide bonds. The first-order valence-corrected chi connectivity index (χ1v) is 25.6. The summed E-state index contributed by atoms with van der Waals surface area (Å²) in [6.45, 7) is -0.114. The summed E-state index contributed by atoms with van der Waals surface area (Å²) in [5, 5.41) is 9.84. The van der Waals surface area contributed by atoms with Gasteiger partial charge < -0.3 is 18.5 Å². The van der Waals surface area contributed by atoms with Crippen molar-refractivity contribution in [3.8, 4) is 33.6 Å². The molecule has 11 aromatic carbocycles. The molecule has 0 saturated carbocycles. The van der Waals surface area contributed by atoms with Crippen LogP contribution in [0.15, 0.2) is 235 Å². The van der Waals surface area contributed by atoms with Crippen LogP contribution in [0.4, 0.5) is 17.1 Å². The molecule has 0 bridgehead atoms. The van der Waals surface area contributed by atoms with Crippen LogP contribution in [0.1, 0.15) is 0 Å². The minimum atomic E-state index is -0.114. The van der Waals surface area contributed by atoms with Gasteiger partial charge in [-0.25, -0.2) is 0 Å². The second kappa shape index (κ2) is 14.3. The highest BCUT2D eigenvalue weighted by Crippen LogP contribution is 2.49. The number of hydrogen-bond acceptors (Lipinski definition) is 3. The summed E-state index contributed by atoms with van der Waals surface area (Å²) in [6, 6.07) is 85.3. The zero-order valence-corrected chi connectivity index (χ0v) is 39.5. The normalized spacial score (nSPS) is 12.9. The summed E-state index contributed by atoms with van der Waals surface area (Å²) in [5.74, 6) is 0. The smallest absolute Gasteiger partial charge is 0.254 e. The number of anilines is 3. The van der Waals surface area contributed by atoms with Gasteiger partial charge in [0.1, 0.15) is 11.2 Å². The van der Waals surface area contributed by atoms with Crippen molar-refractivity contribution >= 4 is 137 Å². The van der Waals surface area contributed by atoms with Gasteiger partial charge in [0, 0.05) is 80.8 Å². The van der Waals surface area contributed by atoms with Gasteiger partial charge in [-0.3, -0.25) is 0 Å². The van der Waals surface area contributed by atoms with Crippen LogP contribution in [0.2, 0.25) is 0 Å². The Morgan fingerprint density at radius 2 is 0.972 bits per heavy atom. The lowest BCUT2D eigenvalue weighted by Gasteiger charge is -2.41. The summed E-state index contributed by atoms with van der Waals surface area (Å²) in [4.78, 5) is 2.59. The van der Waals surface area contributed by atoms with Gasteiger partial charge in [0.05, 0.1) is 27.8 Å². The molecule has 0 fully saturated rings. The molecule has 332 valence electrons. The Bertz CT molecular complexity index is 4780. The molecule has 17 rings (SSSR count). The number of fused-ring (bicyclic) bond motifs is 17. The maximum Gasteiger partial charge on any atom is 0.254 e. The molecule has 0 aliphatic carbocycles. The van der Waals surface area contributed by atoms with E-state index in [0.717, 1.165) is 39.0 Å². The van der Waals surface area contributed by atoms with Gasteiger partial charge >= 0.3 is 0 Å². The Balaban J connectivity index is 1.04. The predicted octanol–water partition coefficient (Wildman–Crippen LogP) is 16.1. The van der Waals surface area contributed by atoms with E-state index in [4.69, 9.17) is 4.42 Å². The summed E-state index contributed by atoms with van der Waals surface area (Å²) in [7, 11) is 0. The number of aromatic nitrogens is 2. The molecule has 4 nitrogen and oxygen atoms in total. The Morgan fingerprint density at radius 1 is 0.361 bits per heavy atom. The van der Waals surface area contributed by atoms with E-state index in [1.54, 1.807) is 0 Å². The van der Waals surface area contributed by atoms with Crippen molar-refractivity contribution in [2.24, 2.45) is 0 Å². The molecule has 15 aromatic rings. The molecule has 2 aliphatic rings. The van der Waals surface area contributed by atoms with E-state index < -0.39 is 0 Å². The van der Waals surface area contributed by atoms with Crippen molar-refractivity contribution in [2.45, 2.75) is 0 Å². The van der Waals surface area contributed by atoms with E-state index in [1.807, 2.05) is 11.3 Å². The standard InChI is InChI=1S/C66H38BN3OS/c1-3-17-39(18-4-1)41-33-58-63-59(34-41)70-56-29-15-10-24-46(56)50-36-51-47-25-11-16-30-62(47)72-66(51)64(65(50)70)67(63)52-38-61-49(37-57(52)69(58)53-26-12-7-21-43(53)40-19-5-2-6-20-40)48-35-42(31-32-60(48)71-61)68-54-27-13-8-22-44(54)45-23-9-14-28-55(45)68/h1-38H. The average molecular weight is 932 g/mol. The average Bonchev–Trinajstić information content (AvgIpc) is 4.20. The largest absolute Gasteiger partial charge is 0.456 e. The van der Waals surface area contributed by atoms with E-state index in [2.05, 4.69) is 245 Å². The summed E-state index contributed by atoms with van der Waals surface area (Å²) < 4.78 is 14.8. The van der Waals surface area contributed by atoms with Crippen LogP contribution in [0.25, 0.3) is 119 Å². The van der Waals surface area contributed by atoms with Gasteiger partial charge in [0.25, 0.3) is 6.71 Å². The first-order chi connectivity index (χ1) is 35.7. The first-order valence-electron chi connectivity index (χ1n) is 24.8. The van der Waals surface area contributed by atoms with Gasteiger partial charge in [-0.05, 0) is 112 Å². The zero-order valence-electron chi connectivity index (χ0n) is 38.7. The van der Waals surface area contributed by atoms with Gasteiger partial charge in [0.15, 0.2) is 0 Å². The highest BCUT2D eigenvalue weighted by atomic mass is 32.1. The second-order valence-corrected chi connectivity index (χ2v) is 20.6. The summed E-state index contributed by atoms with van der Waals surface area (Å²) in [5.41, 5.74) is 21.0. The van der Waals surface area contributed by atoms with Crippen molar-refractivity contribution in [1.82, 2.24) is 9.13 Å². The molecule has 0 N–H and O–H groups in total. The number of rotatable bonds is 4. The molecule has 0 radical (unpaired) electrons.